The van der Waals surface area contributed by atoms with Crippen LogP contribution in [0.1, 0.15) is 63.5 Å². The van der Waals surface area contributed by atoms with Gasteiger partial charge in [-0.3, -0.25) is 14.4 Å². The Morgan fingerprint density at radius 1 is 1.00 bits per heavy atom. The van der Waals surface area contributed by atoms with Crippen LogP contribution in [0.15, 0.2) is 54.6 Å². The highest BCUT2D eigenvalue weighted by atomic mass is 35.5. The van der Waals surface area contributed by atoms with Crippen molar-refractivity contribution in [2.24, 2.45) is 0 Å². The number of hydrogen-bond acceptors (Lipinski definition) is 8. The fourth-order valence-corrected chi connectivity index (χ4v) is 6.77. The first-order valence-corrected chi connectivity index (χ1v) is 17.3. The number of nitrogens with one attached hydrogen (secondary N) is 1. The van der Waals surface area contributed by atoms with Crippen LogP contribution in [0.5, 0.6) is 11.5 Å². The van der Waals surface area contributed by atoms with E-state index in [0.29, 0.717) is 75.1 Å². The standard InChI is InChI=1S/C38H40Cl2N4O7/c1-37(2,3)51-33(46)11-10-32(45)41-25-9-7-8-22(14-25)27-18-28-31(19-30(27)48-6)50-20-29-34(36(47)43-12-13-49-21-38(43,4)5)42-44(35(28)29)26-16-23(39)15-24(40)17-26/h7-9,14-19H,10-13,20-21H2,1-6H3,(H,41,45). The van der Waals surface area contributed by atoms with Crippen LogP contribution in [0.2, 0.25) is 10.0 Å². The number of carbonyl (C=O) groups is 3. The number of fused-ring (bicyclic) bond motifs is 3. The van der Waals surface area contributed by atoms with Gasteiger partial charge in [-0.05, 0) is 76.6 Å². The highest BCUT2D eigenvalue weighted by molar-refractivity contribution is 6.34. The minimum absolute atomic E-state index is 0.0262. The zero-order valence-electron chi connectivity index (χ0n) is 29.4. The second-order valence-corrected chi connectivity index (χ2v) is 15.0. The number of esters is 1. The molecule has 6 rings (SSSR count). The maximum absolute atomic E-state index is 14.2. The van der Waals surface area contributed by atoms with Crippen molar-refractivity contribution in [3.8, 4) is 39.6 Å². The summed E-state index contributed by atoms with van der Waals surface area (Å²) in [6.45, 7) is 10.6. The van der Waals surface area contributed by atoms with Crippen LogP contribution >= 0.6 is 23.2 Å². The highest BCUT2D eigenvalue weighted by Gasteiger charge is 2.39. The predicted molar refractivity (Wildman–Crippen MR) is 195 cm³/mol. The summed E-state index contributed by atoms with van der Waals surface area (Å²) in [4.78, 5) is 41.0. The summed E-state index contributed by atoms with van der Waals surface area (Å²) in [5.41, 5.74) is 3.59. The molecule has 3 heterocycles. The van der Waals surface area contributed by atoms with Crippen molar-refractivity contribution in [1.82, 2.24) is 14.7 Å². The SMILES string of the molecule is COc1cc2c(cc1-c1cccc(NC(=O)CCC(=O)OC(C)(C)C)c1)-c1c(c(C(=O)N3CCOCC3(C)C)nn1-c1cc(Cl)cc(Cl)c1)CO2. The number of nitrogens with zero attached hydrogens (tertiary/aromatic N) is 3. The lowest BCUT2D eigenvalue weighted by molar-refractivity contribution is -0.155. The molecule has 3 aromatic carbocycles. The third-order valence-corrected chi connectivity index (χ3v) is 8.97. The number of benzene rings is 3. The van der Waals surface area contributed by atoms with Crippen LogP contribution in [0.25, 0.3) is 28.1 Å². The summed E-state index contributed by atoms with van der Waals surface area (Å²) < 4.78 is 24.8. The summed E-state index contributed by atoms with van der Waals surface area (Å²) in [5, 5.41) is 8.61. The number of carbonyl (C=O) groups excluding carboxylic acids is 3. The van der Waals surface area contributed by atoms with Gasteiger partial charge in [0.1, 0.15) is 23.7 Å². The van der Waals surface area contributed by atoms with Crippen LogP contribution in [-0.2, 0) is 25.7 Å². The fourth-order valence-electron chi connectivity index (χ4n) is 6.25. The Morgan fingerprint density at radius 2 is 1.75 bits per heavy atom. The van der Waals surface area contributed by atoms with E-state index in [1.807, 2.05) is 38.1 Å². The Bertz CT molecular complexity index is 2000. The van der Waals surface area contributed by atoms with Gasteiger partial charge in [-0.15, -0.1) is 0 Å². The molecule has 1 N–H and O–H groups in total. The number of methoxy groups -OCH3 is 1. The van der Waals surface area contributed by atoms with Crippen molar-refractivity contribution in [2.45, 2.75) is 65.2 Å². The Morgan fingerprint density at radius 3 is 2.43 bits per heavy atom. The van der Waals surface area contributed by atoms with E-state index in [2.05, 4.69) is 5.32 Å². The highest BCUT2D eigenvalue weighted by Crippen LogP contribution is 2.47. The summed E-state index contributed by atoms with van der Waals surface area (Å²) in [5.74, 6) is 0.0774. The van der Waals surface area contributed by atoms with E-state index in [1.165, 1.54) is 0 Å². The van der Waals surface area contributed by atoms with Crippen molar-refractivity contribution in [1.29, 1.82) is 0 Å². The Kier molecular flexibility index (Phi) is 10.1. The summed E-state index contributed by atoms with van der Waals surface area (Å²) in [6, 6.07) is 16.1. The lowest BCUT2D eigenvalue weighted by Crippen LogP contribution is -2.55. The van der Waals surface area contributed by atoms with E-state index in [9.17, 15) is 14.4 Å². The molecule has 2 amide bonds. The summed E-state index contributed by atoms with van der Waals surface area (Å²) in [7, 11) is 1.57. The molecule has 0 aliphatic carbocycles. The van der Waals surface area contributed by atoms with Gasteiger partial charge in [-0.1, -0.05) is 35.3 Å². The average molecular weight is 736 g/mol. The molecule has 1 aromatic heterocycles. The minimum atomic E-state index is -0.628. The quantitative estimate of drug-likeness (QED) is 0.183. The average Bonchev–Trinajstić information content (AvgIpc) is 3.45. The Hall–Kier alpha value is -4.58. The molecular formula is C38H40Cl2N4O7. The maximum Gasteiger partial charge on any atom is 0.306 e. The van der Waals surface area contributed by atoms with Crippen LogP contribution in [-0.4, -0.2) is 70.5 Å². The minimum Gasteiger partial charge on any atom is -0.496 e. The molecule has 0 spiro atoms. The van der Waals surface area contributed by atoms with Crippen LogP contribution in [0.3, 0.4) is 0 Å². The van der Waals surface area contributed by atoms with E-state index in [0.717, 1.165) is 5.56 Å². The van der Waals surface area contributed by atoms with Gasteiger partial charge in [-0.2, -0.15) is 5.10 Å². The third kappa shape index (κ3) is 7.85. The van der Waals surface area contributed by atoms with Crippen LogP contribution in [0.4, 0.5) is 5.69 Å². The van der Waals surface area contributed by atoms with E-state index in [4.69, 9.17) is 47.2 Å². The van der Waals surface area contributed by atoms with Gasteiger partial charge in [-0.25, -0.2) is 4.68 Å². The number of hydrogen-bond donors (Lipinski definition) is 1. The Balaban J connectivity index is 1.40. The first kappa shape index (κ1) is 36.2. The molecule has 11 nitrogen and oxygen atoms in total. The molecule has 268 valence electrons. The fraction of sp³-hybridized carbons (Fsp3) is 0.368. The number of morpholine rings is 1. The first-order chi connectivity index (χ1) is 24.1. The van der Waals surface area contributed by atoms with E-state index >= 15 is 0 Å². The summed E-state index contributed by atoms with van der Waals surface area (Å²) >= 11 is 12.9. The van der Waals surface area contributed by atoms with Gasteiger partial charge < -0.3 is 29.2 Å². The van der Waals surface area contributed by atoms with Crippen molar-refractivity contribution >= 4 is 46.7 Å². The molecule has 0 unspecified atom stereocenters. The van der Waals surface area contributed by atoms with Gasteiger partial charge in [0.25, 0.3) is 5.91 Å². The molecule has 13 heteroatoms. The van der Waals surface area contributed by atoms with E-state index in [-0.39, 0.29) is 37.0 Å². The second kappa shape index (κ2) is 14.2. The van der Waals surface area contributed by atoms with Crippen LogP contribution < -0.4 is 14.8 Å². The topological polar surface area (TPSA) is 121 Å². The maximum atomic E-state index is 14.2. The van der Waals surface area contributed by atoms with Crippen LogP contribution in [0, 0.1) is 0 Å². The van der Waals surface area contributed by atoms with Crippen molar-refractivity contribution < 1.29 is 33.3 Å². The molecule has 0 atom stereocenters. The monoisotopic (exact) mass is 734 g/mol. The molecule has 0 radical (unpaired) electrons. The molecule has 0 saturated carbocycles. The molecule has 1 fully saturated rings. The zero-order valence-corrected chi connectivity index (χ0v) is 30.9. The van der Waals surface area contributed by atoms with Gasteiger partial charge in [0.05, 0.1) is 43.7 Å². The smallest absolute Gasteiger partial charge is 0.306 e. The number of halogens is 2. The normalized spacial score (nSPS) is 14.9. The van der Waals surface area contributed by atoms with Gasteiger partial charge in [0.15, 0.2) is 5.69 Å². The van der Waals surface area contributed by atoms with E-state index in [1.54, 1.807) is 67.8 Å². The van der Waals surface area contributed by atoms with Crippen molar-refractivity contribution in [2.75, 3.05) is 32.2 Å². The van der Waals surface area contributed by atoms with Crippen molar-refractivity contribution in [3.05, 3.63) is 75.9 Å². The van der Waals surface area contributed by atoms with Gasteiger partial charge in [0.2, 0.25) is 5.91 Å². The van der Waals surface area contributed by atoms with Crippen molar-refractivity contribution in [3.63, 3.8) is 0 Å². The van der Waals surface area contributed by atoms with Gasteiger partial charge in [0, 0.05) is 51.5 Å². The molecular weight excluding hydrogens is 695 g/mol. The molecule has 51 heavy (non-hydrogen) atoms. The number of amides is 2. The first-order valence-electron chi connectivity index (χ1n) is 16.6. The molecule has 1 saturated heterocycles. The van der Waals surface area contributed by atoms with Gasteiger partial charge >= 0.3 is 5.97 Å². The lowest BCUT2D eigenvalue weighted by Gasteiger charge is -2.41. The molecule has 2 aliphatic rings. The number of rotatable bonds is 8. The summed E-state index contributed by atoms with van der Waals surface area (Å²) in [6.07, 6.45) is -0.0650. The number of anilines is 1. The Labute approximate surface area is 306 Å². The third-order valence-electron chi connectivity index (χ3n) is 8.53. The predicted octanol–water partition coefficient (Wildman–Crippen LogP) is 7.73. The molecule has 0 bridgehead atoms. The number of ether oxygens (including phenoxy) is 4. The lowest BCUT2D eigenvalue weighted by atomic mass is 9.95. The molecule has 2 aliphatic heterocycles. The zero-order chi connectivity index (χ0) is 36.7. The number of aromatic nitrogens is 2. The molecule has 4 aromatic rings. The van der Waals surface area contributed by atoms with E-state index < -0.39 is 17.1 Å². The second-order valence-electron chi connectivity index (χ2n) is 14.1. The largest absolute Gasteiger partial charge is 0.496 e.